The van der Waals surface area contributed by atoms with Crippen LogP contribution in [0.2, 0.25) is 0 Å². The van der Waals surface area contributed by atoms with Gasteiger partial charge in [0.2, 0.25) is 0 Å². The fraction of sp³-hybridized carbons (Fsp3) is 0.533. The molecule has 0 spiro atoms. The highest BCUT2D eigenvalue weighted by molar-refractivity contribution is 7.10. The SMILES string of the molecule is O=C1/C(=C/c2cccs2)CCC1C1CCCC1. The number of carbonyl (C=O) groups excluding carboxylic acids is 1. The summed E-state index contributed by atoms with van der Waals surface area (Å²) >= 11 is 1.72. The fourth-order valence-corrected chi connectivity index (χ4v) is 3.98. The van der Waals surface area contributed by atoms with Crippen LogP contribution >= 0.6 is 11.3 Å². The molecular formula is C15H18OS. The smallest absolute Gasteiger partial charge is 0.162 e. The maximum Gasteiger partial charge on any atom is 0.162 e. The van der Waals surface area contributed by atoms with Crippen molar-refractivity contribution in [3.05, 3.63) is 28.0 Å². The zero-order valence-corrected chi connectivity index (χ0v) is 10.8. The molecule has 90 valence electrons. The number of Topliss-reactive ketones (excluding diaryl/α,β-unsaturated/α-hetero) is 1. The average molecular weight is 246 g/mol. The van der Waals surface area contributed by atoms with Crippen LogP contribution in [0.5, 0.6) is 0 Å². The highest BCUT2D eigenvalue weighted by atomic mass is 32.1. The molecule has 1 atom stereocenters. The normalized spacial score (nSPS) is 28.4. The molecule has 1 aromatic rings. The van der Waals surface area contributed by atoms with Crippen molar-refractivity contribution < 1.29 is 4.79 Å². The van der Waals surface area contributed by atoms with Crippen LogP contribution < -0.4 is 0 Å². The van der Waals surface area contributed by atoms with Crippen LogP contribution in [0, 0.1) is 11.8 Å². The van der Waals surface area contributed by atoms with Gasteiger partial charge in [0.05, 0.1) is 0 Å². The molecule has 2 aliphatic carbocycles. The lowest BCUT2D eigenvalue weighted by atomic mass is 9.88. The van der Waals surface area contributed by atoms with Gasteiger partial charge in [-0.05, 0) is 54.7 Å². The van der Waals surface area contributed by atoms with Gasteiger partial charge < -0.3 is 0 Å². The number of ketones is 1. The Bertz CT molecular complexity index is 424. The second-order valence-electron chi connectivity index (χ2n) is 5.24. The number of rotatable bonds is 2. The van der Waals surface area contributed by atoms with Gasteiger partial charge in [-0.25, -0.2) is 0 Å². The number of allylic oxidation sites excluding steroid dienone is 1. The van der Waals surface area contributed by atoms with Gasteiger partial charge in [-0.15, -0.1) is 11.3 Å². The Labute approximate surface area is 107 Å². The number of hydrogen-bond donors (Lipinski definition) is 0. The van der Waals surface area contributed by atoms with Gasteiger partial charge >= 0.3 is 0 Å². The van der Waals surface area contributed by atoms with E-state index in [1.54, 1.807) is 11.3 Å². The molecule has 2 fully saturated rings. The molecule has 1 nitrogen and oxygen atoms in total. The van der Waals surface area contributed by atoms with E-state index in [4.69, 9.17) is 0 Å². The molecule has 2 heteroatoms. The molecule has 0 aromatic carbocycles. The average Bonchev–Trinajstić information content (AvgIpc) is 3.03. The Kier molecular flexibility index (Phi) is 3.15. The van der Waals surface area contributed by atoms with Crippen LogP contribution in [0.15, 0.2) is 23.1 Å². The van der Waals surface area contributed by atoms with Crippen LogP contribution in [0.4, 0.5) is 0 Å². The molecule has 1 aromatic heterocycles. The summed E-state index contributed by atoms with van der Waals surface area (Å²) < 4.78 is 0. The third-order valence-corrected chi connectivity index (χ3v) is 5.03. The minimum atomic E-state index is 0.351. The van der Waals surface area contributed by atoms with Gasteiger partial charge in [0.25, 0.3) is 0 Å². The molecule has 3 rings (SSSR count). The first kappa shape index (κ1) is 11.2. The molecule has 0 saturated heterocycles. The molecule has 0 radical (unpaired) electrons. The van der Waals surface area contributed by atoms with Gasteiger partial charge in [0.15, 0.2) is 5.78 Å². The lowest BCUT2D eigenvalue weighted by Crippen LogP contribution is -2.16. The predicted octanol–water partition coefficient (Wildman–Crippen LogP) is 4.30. The van der Waals surface area contributed by atoms with Crippen molar-refractivity contribution in [2.45, 2.75) is 38.5 Å². The minimum absolute atomic E-state index is 0.351. The Morgan fingerprint density at radius 3 is 2.76 bits per heavy atom. The van der Waals surface area contributed by atoms with E-state index >= 15 is 0 Å². The molecule has 0 N–H and O–H groups in total. The van der Waals surface area contributed by atoms with E-state index < -0.39 is 0 Å². The Hall–Kier alpha value is -0.890. The predicted molar refractivity (Wildman–Crippen MR) is 72.0 cm³/mol. The molecule has 0 aliphatic heterocycles. The Morgan fingerprint density at radius 2 is 2.06 bits per heavy atom. The molecule has 17 heavy (non-hydrogen) atoms. The summed E-state index contributed by atoms with van der Waals surface area (Å²) in [4.78, 5) is 13.6. The lowest BCUT2D eigenvalue weighted by Gasteiger charge is -2.15. The van der Waals surface area contributed by atoms with Crippen molar-refractivity contribution in [3.63, 3.8) is 0 Å². The third kappa shape index (κ3) is 2.23. The molecular weight excluding hydrogens is 228 g/mol. The topological polar surface area (TPSA) is 17.1 Å². The first-order chi connectivity index (χ1) is 8.34. The largest absolute Gasteiger partial charge is 0.294 e. The van der Waals surface area contributed by atoms with E-state index in [-0.39, 0.29) is 0 Å². The van der Waals surface area contributed by atoms with Crippen molar-refractivity contribution in [3.8, 4) is 0 Å². The monoisotopic (exact) mass is 246 g/mol. The number of carbonyl (C=O) groups is 1. The Balaban J connectivity index is 1.75. The molecule has 0 bridgehead atoms. The van der Waals surface area contributed by atoms with Crippen molar-refractivity contribution >= 4 is 23.2 Å². The zero-order chi connectivity index (χ0) is 11.7. The first-order valence-electron chi connectivity index (χ1n) is 6.63. The second-order valence-corrected chi connectivity index (χ2v) is 6.22. The molecule has 0 amide bonds. The number of hydrogen-bond acceptors (Lipinski definition) is 2. The fourth-order valence-electron chi connectivity index (χ4n) is 3.30. The van der Waals surface area contributed by atoms with Gasteiger partial charge in [-0.2, -0.15) is 0 Å². The summed E-state index contributed by atoms with van der Waals surface area (Å²) in [7, 11) is 0. The molecule has 2 saturated carbocycles. The van der Waals surface area contributed by atoms with Crippen LogP contribution in [0.3, 0.4) is 0 Å². The summed E-state index contributed by atoms with van der Waals surface area (Å²) in [6.07, 6.45) is 9.43. The van der Waals surface area contributed by atoms with Crippen molar-refractivity contribution in [1.29, 1.82) is 0 Å². The maximum atomic E-state index is 12.4. The summed E-state index contributed by atoms with van der Waals surface area (Å²) in [6.45, 7) is 0. The van der Waals surface area contributed by atoms with Gasteiger partial charge in [-0.3, -0.25) is 4.79 Å². The quantitative estimate of drug-likeness (QED) is 0.711. The second kappa shape index (κ2) is 4.77. The van der Waals surface area contributed by atoms with E-state index in [1.807, 2.05) is 6.07 Å². The van der Waals surface area contributed by atoms with E-state index in [2.05, 4.69) is 17.5 Å². The third-order valence-electron chi connectivity index (χ3n) is 4.21. The van der Waals surface area contributed by atoms with Gasteiger partial charge in [0, 0.05) is 10.8 Å². The van der Waals surface area contributed by atoms with Gasteiger partial charge in [0.1, 0.15) is 0 Å². The van der Waals surface area contributed by atoms with Crippen molar-refractivity contribution in [1.82, 2.24) is 0 Å². The first-order valence-corrected chi connectivity index (χ1v) is 7.51. The zero-order valence-electron chi connectivity index (χ0n) is 10.0. The standard InChI is InChI=1S/C15H18OS/c16-15-12(10-13-6-3-9-17-13)7-8-14(15)11-4-1-2-5-11/h3,6,9-11,14H,1-2,4-5,7-8H2/b12-10+. The van der Waals surface area contributed by atoms with Gasteiger partial charge in [-0.1, -0.05) is 18.9 Å². The highest BCUT2D eigenvalue weighted by Crippen LogP contribution is 2.40. The summed E-state index contributed by atoms with van der Waals surface area (Å²) in [5, 5.41) is 2.07. The number of thiophene rings is 1. The van der Waals surface area contributed by atoms with Crippen LogP contribution in [0.1, 0.15) is 43.4 Å². The molecule has 2 aliphatic rings. The van der Waals surface area contributed by atoms with Crippen molar-refractivity contribution in [2.75, 3.05) is 0 Å². The van der Waals surface area contributed by atoms with Crippen LogP contribution in [-0.4, -0.2) is 5.78 Å². The lowest BCUT2D eigenvalue weighted by molar-refractivity contribution is -0.119. The van der Waals surface area contributed by atoms with E-state index in [9.17, 15) is 4.79 Å². The highest BCUT2D eigenvalue weighted by Gasteiger charge is 2.36. The minimum Gasteiger partial charge on any atom is -0.294 e. The summed E-state index contributed by atoms with van der Waals surface area (Å²) in [6, 6.07) is 4.14. The van der Waals surface area contributed by atoms with Crippen LogP contribution in [0.25, 0.3) is 6.08 Å². The summed E-state index contributed by atoms with van der Waals surface area (Å²) in [5.41, 5.74) is 1.07. The van der Waals surface area contributed by atoms with E-state index in [1.165, 1.54) is 30.6 Å². The summed E-state index contributed by atoms with van der Waals surface area (Å²) in [5.74, 6) is 1.49. The van der Waals surface area contributed by atoms with Crippen LogP contribution in [-0.2, 0) is 4.79 Å². The Morgan fingerprint density at radius 1 is 1.24 bits per heavy atom. The van der Waals surface area contributed by atoms with E-state index in [0.717, 1.165) is 18.4 Å². The molecule has 1 heterocycles. The van der Waals surface area contributed by atoms with Crippen molar-refractivity contribution in [2.24, 2.45) is 11.8 Å². The maximum absolute atomic E-state index is 12.4. The van der Waals surface area contributed by atoms with E-state index in [0.29, 0.717) is 17.6 Å². The molecule has 1 unspecified atom stereocenters.